The van der Waals surface area contributed by atoms with Crippen molar-refractivity contribution in [1.29, 1.82) is 0 Å². The highest BCUT2D eigenvalue weighted by atomic mass is 19.1. The van der Waals surface area contributed by atoms with Gasteiger partial charge in [-0.25, -0.2) is 9.37 Å². The van der Waals surface area contributed by atoms with Gasteiger partial charge in [-0.15, -0.1) is 0 Å². The summed E-state index contributed by atoms with van der Waals surface area (Å²) in [4.78, 5) is 4.25. The van der Waals surface area contributed by atoms with E-state index in [-0.39, 0.29) is 5.82 Å². The van der Waals surface area contributed by atoms with Gasteiger partial charge in [0, 0.05) is 0 Å². The minimum Gasteiger partial charge on any atom is -0.444 e. The summed E-state index contributed by atoms with van der Waals surface area (Å²) in [7, 11) is 0. The van der Waals surface area contributed by atoms with Gasteiger partial charge in [0.15, 0.2) is 0 Å². The van der Waals surface area contributed by atoms with Crippen LogP contribution < -0.4 is 11.1 Å². The zero-order valence-electron chi connectivity index (χ0n) is 10.7. The highest BCUT2D eigenvalue weighted by Crippen LogP contribution is 2.23. The highest BCUT2D eigenvalue weighted by molar-refractivity contribution is 5.67. The van der Waals surface area contributed by atoms with E-state index in [4.69, 9.17) is 10.2 Å². The second-order valence-electron chi connectivity index (χ2n) is 4.29. The molecule has 0 saturated heterocycles. The van der Waals surface area contributed by atoms with Crippen molar-refractivity contribution in [3.05, 3.63) is 40.9 Å². The molecule has 0 amide bonds. The maximum absolute atomic E-state index is 13.2. The van der Waals surface area contributed by atoms with Gasteiger partial charge in [-0.3, -0.25) is 0 Å². The Hall–Kier alpha value is -2.04. The van der Waals surface area contributed by atoms with Crippen LogP contribution in [-0.2, 0) is 6.54 Å². The molecule has 1 aromatic heterocycles. The van der Waals surface area contributed by atoms with Crippen LogP contribution in [0.4, 0.5) is 15.8 Å². The van der Waals surface area contributed by atoms with Crippen molar-refractivity contribution in [3.8, 4) is 0 Å². The molecule has 2 aromatic rings. The molecule has 0 unspecified atom stereocenters. The van der Waals surface area contributed by atoms with Gasteiger partial charge in [0.05, 0.1) is 23.6 Å². The van der Waals surface area contributed by atoms with Crippen LogP contribution in [0.5, 0.6) is 0 Å². The molecule has 18 heavy (non-hydrogen) atoms. The lowest BCUT2D eigenvalue weighted by Crippen LogP contribution is -2.04. The quantitative estimate of drug-likeness (QED) is 0.821. The molecule has 1 heterocycles. The molecule has 0 aliphatic carbocycles. The number of aromatic nitrogens is 1. The van der Waals surface area contributed by atoms with Crippen LogP contribution >= 0.6 is 0 Å². The Morgan fingerprint density at radius 1 is 1.33 bits per heavy atom. The van der Waals surface area contributed by atoms with E-state index in [0.29, 0.717) is 29.4 Å². The average molecular weight is 249 g/mol. The Kier molecular flexibility index (Phi) is 3.23. The van der Waals surface area contributed by atoms with Gasteiger partial charge in [-0.1, -0.05) is 0 Å². The fraction of sp³-hybridized carbons (Fsp3) is 0.308. The monoisotopic (exact) mass is 249 g/mol. The summed E-state index contributed by atoms with van der Waals surface area (Å²) >= 11 is 0. The third-order valence-electron chi connectivity index (χ3n) is 2.83. The molecule has 0 spiro atoms. The molecule has 96 valence electrons. The van der Waals surface area contributed by atoms with Gasteiger partial charge >= 0.3 is 0 Å². The van der Waals surface area contributed by atoms with Crippen molar-refractivity contribution in [2.45, 2.75) is 27.3 Å². The summed E-state index contributed by atoms with van der Waals surface area (Å²) in [5, 5.41) is 3.09. The normalized spacial score (nSPS) is 10.7. The van der Waals surface area contributed by atoms with E-state index in [1.54, 1.807) is 13.0 Å². The van der Waals surface area contributed by atoms with Crippen molar-refractivity contribution in [1.82, 2.24) is 4.98 Å². The maximum atomic E-state index is 13.2. The van der Waals surface area contributed by atoms with E-state index in [2.05, 4.69) is 10.3 Å². The van der Waals surface area contributed by atoms with Crippen LogP contribution in [-0.4, -0.2) is 4.98 Å². The highest BCUT2D eigenvalue weighted by Gasteiger charge is 2.08. The van der Waals surface area contributed by atoms with Crippen LogP contribution in [0, 0.1) is 26.6 Å². The fourth-order valence-electron chi connectivity index (χ4n) is 1.64. The lowest BCUT2D eigenvalue weighted by atomic mass is 10.2. The molecule has 2 rings (SSSR count). The number of anilines is 2. The number of hydrogen-bond donors (Lipinski definition) is 2. The first kappa shape index (κ1) is 12.4. The van der Waals surface area contributed by atoms with Crippen LogP contribution in [0.25, 0.3) is 0 Å². The Morgan fingerprint density at radius 2 is 2.06 bits per heavy atom. The maximum Gasteiger partial charge on any atom is 0.213 e. The van der Waals surface area contributed by atoms with Crippen LogP contribution in [0.2, 0.25) is 0 Å². The second kappa shape index (κ2) is 4.68. The van der Waals surface area contributed by atoms with E-state index in [0.717, 1.165) is 11.5 Å². The minimum atomic E-state index is -0.305. The molecule has 3 N–H and O–H groups in total. The van der Waals surface area contributed by atoms with Gasteiger partial charge in [-0.05, 0) is 38.5 Å². The predicted octanol–water partition coefficient (Wildman–Crippen LogP) is 2.93. The topological polar surface area (TPSA) is 64.1 Å². The summed E-state index contributed by atoms with van der Waals surface area (Å²) in [5.41, 5.74) is 8.21. The summed E-state index contributed by atoms with van der Waals surface area (Å²) in [6.07, 6.45) is 0. The van der Waals surface area contributed by atoms with Gasteiger partial charge in [0.2, 0.25) is 5.89 Å². The number of oxazole rings is 1. The summed E-state index contributed by atoms with van der Waals surface area (Å²) < 4.78 is 18.7. The SMILES string of the molecule is Cc1cc(NCc2nc(C)c(C)o2)c(N)cc1F. The molecule has 0 bridgehead atoms. The van der Waals surface area contributed by atoms with E-state index >= 15 is 0 Å². The van der Waals surface area contributed by atoms with Crippen molar-refractivity contribution >= 4 is 11.4 Å². The summed E-state index contributed by atoms with van der Waals surface area (Å²) in [6.45, 7) is 5.87. The summed E-state index contributed by atoms with van der Waals surface area (Å²) in [5.74, 6) is 1.09. The first-order valence-corrected chi connectivity index (χ1v) is 5.69. The molecule has 1 aromatic carbocycles. The Balaban J connectivity index is 2.13. The predicted molar refractivity (Wildman–Crippen MR) is 68.9 cm³/mol. The minimum absolute atomic E-state index is 0.305. The molecule has 0 aliphatic rings. The number of hydrogen-bond acceptors (Lipinski definition) is 4. The molecule has 0 radical (unpaired) electrons. The molecule has 5 heteroatoms. The number of benzene rings is 1. The van der Waals surface area contributed by atoms with Gasteiger partial charge < -0.3 is 15.5 Å². The largest absolute Gasteiger partial charge is 0.444 e. The zero-order chi connectivity index (χ0) is 13.3. The van der Waals surface area contributed by atoms with Crippen LogP contribution in [0.3, 0.4) is 0 Å². The van der Waals surface area contributed by atoms with Gasteiger partial charge in [-0.2, -0.15) is 0 Å². The second-order valence-corrected chi connectivity index (χ2v) is 4.29. The Morgan fingerprint density at radius 3 is 2.67 bits per heavy atom. The molecule has 0 aliphatic heterocycles. The fourth-order valence-corrected chi connectivity index (χ4v) is 1.64. The standard InChI is InChI=1S/C13H16FN3O/c1-7-4-12(11(15)5-10(7)14)16-6-13-17-8(2)9(3)18-13/h4-5,16H,6,15H2,1-3H3. The average Bonchev–Trinajstić information content (AvgIpc) is 2.62. The molecule has 0 saturated carbocycles. The van der Waals surface area contributed by atoms with Crippen molar-refractivity contribution in [3.63, 3.8) is 0 Å². The van der Waals surface area contributed by atoms with Gasteiger partial charge in [0.25, 0.3) is 0 Å². The number of nitrogens with zero attached hydrogens (tertiary/aromatic N) is 1. The number of nitrogens with one attached hydrogen (secondary N) is 1. The van der Waals surface area contributed by atoms with Crippen molar-refractivity contribution < 1.29 is 8.81 Å². The van der Waals surface area contributed by atoms with Crippen molar-refractivity contribution in [2.75, 3.05) is 11.1 Å². The van der Waals surface area contributed by atoms with Crippen LogP contribution in [0.1, 0.15) is 22.9 Å². The first-order chi connectivity index (χ1) is 8.47. The van der Waals surface area contributed by atoms with Gasteiger partial charge in [0.1, 0.15) is 11.6 Å². The zero-order valence-corrected chi connectivity index (χ0v) is 10.7. The molecule has 0 atom stereocenters. The smallest absolute Gasteiger partial charge is 0.213 e. The number of halogens is 1. The number of rotatable bonds is 3. The van der Waals surface area contributed by atoms with Crippen LogP contribution in [0.15, 0.2) is 16.5 Å². The number of nitrogen functional groups attached to an aromatic ring is 1. The van der Waals surface area contributed by atoms with E-state index in [9.17, 15) is 4.39 Å². The van der Waals surface area contributed by atoms with Crippen molar-refractivity contribution in [2.24, 2.45) is 0 Å². The summed E-state index contributed by atoms with van der Waals surface area (Å²) in [6, 6.07) is 2.98. The molecule has 0 fully saturated rings. The lowest BCUT2D eigenvalue weighted by Gasteiger charge is -2.09. The Labute approximate surface area is 105 Å². The van der Waals surface area contributed by atoms with E-state index < -0.39 is 0 Å². The van der Waals surface area contributed by atoms with E-state index in [1.165, 1.54) is 6.07 Å². The third kappa shape index (κ3) is 2.45. The molecule has 4 nitrogen and oxygen atoms in total. The van der Waals surface area contributed by atoms with E-state index in [1.807, 2.05) is 13.8 Å². The third-order valence-corrected chi connectivity index (χ3v) is 2.83. The molecular formula is C13H16FN3O. The number of aryl methyl sites for hydroxylation is 3. The number of nitrogens with two attached hydrogens (primary N) is 1. The Bertz CT molecular complexity index is 558. The lowest BCUT2D eigenvalue weighted by molar-refractivity contribution is 0.478. The molecular weight excluding hydrogens is 233 g/mol. The first-order valence-electron chi connectivity index (χ1n) is 5.69.